The minimum Gasteiger partial charge on any atom is -0.489 e. The van der Waals surface area contributed by atoms with Crippen molar-refractivity contribution in [1.29, 1.82) is 0 Å². The monoisotopic (exact) mass is 468 g/mol. The molecule has 1 amide bonds. The minimum absolute atomic E-state index is 0.209. The smallest absolute Gasteiger partial charge is 0.255 e. The molecular weight excluding hydrogens is 448 g/mol. The Morgan fingerprint density at radius 1 is 0.882 bits per heavy atom. The Labute approximate surface area is 202 Å². The van der Waals surface area contributed by atoms with Crippen molar-refractivity contribution in [2.45, 2.75) is 13.0 Å². The highest BCUT2D eigenvalue weighted by Gasteiger charge is 2.11. The van der Waals surface area contributed by atoms with Crippen molar-refractivity contribution in [2.24, 2.45) is 0 Å². The maximum absolute atomic E-state index is 12.7. The second kappa shape index (κ2) is 9.81. The third-order valence-electron chi connectivity index (χ3n) is 5.32. The molecule has 0 aliphatic carbocycles. The lowest BCUT2D eigenvalue weighted by molar-refractivity contribution is 0.102. The van der Waals surface area contributed by atoms with E-state index in [9.17, 15) is 4.79 Å². The van der Waals surface area contributed by atoms with Crippen molar-refractivity contribution < 1.29 is 13.9 Å². The van der Waals surface area contributed by atoms with Crippen molar-refractivity contribution in [3.8, 4) is 5.75 Å². The van der Waals surface area contributed by atoms with Crippen LogP contribution in [-0.2, 0) is 13.0 Å². The van der Waals surface area contributed by atoms with Gasteiger partial charge in [0.1, 0.15) is 17.9 Å². The standard InChI is InChI=1S/C28H21ClN2O3/c29-22-10-6-19(7-11-22)16-27-31-25-17-23(12-15-26(25)34-27)30-28(32)21-8-13-24(14-9-21)33-18-20-4-2-1-3-5-20/h1-15,17H,16,18H2,(H,30,32). The van der Waals surface area contributed by atoms with E-state index in [0.717, 1.165) is 11.1 Å². The second-order valence-corrected chi connectivity index (χ2v) is 8.28. The zero-order valence-electron chi connectivity index (χ0n) is 18.2. The molecule has 0 bridgehead atoms. The Morgan fingerprint density at radius 3 is 2.41 bits per heavy atom. The van der Waals surface area contributed by atoms with E-state index in [2.05, 4.69) is 10.3 Å². The predicted octanol–water partition coefficient (Wildman–Crippen LogP) is 6.90. The number of rotatable bonds is 7. The molecule has 0 atom stereocenters. The number of carbonyl (C=O) groups excluding carboxylic acids is 1. The maximum Gasteiger partial charge on any atom is 0.255 e. The van der Waals surface area contributed by atoms with Gasteiger partial charge in [0, 0.05) is 22.7 Å². The van der Waals surface area contributed by atoms with Crippen LogP contribution in [0, 0.1) is 0 Å². The average Bonchev–Trinajstić information content (AvgIpc) is 3.26. The highest BCUT2D eigenvalue weighted by molar-refractivity contribution is 6.30. The number of amides is 1. The SMILES string of the molecule is O=C(Nc1ccc2oc(Cc3ccc(Cl)cc3)nc2c1)c1ccc(OCc2ccccc2)cc1. The molecule has 34 heavy (non-hydrogen) atoms. The molecule has 0 saturated carbocycles. The molecule has 0 radical (unpaired) electrons. The summed E-state index contributed by atoms with van der Waals surface area (Å²) in [5.41, 5.74) is 4.68. The first kappa shape index (κ1) is 21.7. The van der Waals surface area contributed by atoms with Crippen molar-refractivity contribution in [3.63, 3.8) is 0 Å². The van der Waals surface area contributed by atoms with Gasteiger partial charge in [0.2, 0.25) is 0 Å². The molecule has 0 aliphatic rings. The molecule has 5 aromatic rings. The maximum atomic E-state index is 12.7. The lowest BCUT2D eigenvalue weighted by Crippen LogP contribution is -2.11. The van der Waals surface area contributed by atoms with Gasteiger partial charge in [-0.3, -0.25) is 4.79 Å². The zero-order valence-corrected chi connectivity index (χ0v) is 19.0. The van der Waals surface area contributed by atoms with Gasteiger partial charge in [0.15, 0.2) is 11.5 Å². The Bertz CT molecular complexity index is 1410. The molecule has 5 rings (SSSR count). The number of benzene rings is 4. The lowest BCUT2D eigenvalue weighted by Gasteiger charge is -2.08. The summed E-state index contributed by atoms with van der Waals surface area (Å²) in [5, 5.41) is 3.61. The number of ether oxygens (including phenoxy) is 1. The Hall–Kier alpha value is -4.09. The average molecular weight is 469 g/mol. The molecule has 5 nitrogen and oxygen atoms in total. The number of oxazole rings is 1. The number of carbonyl (C=O) groups is 1. The fourth-order valence-electron chi connectivity index (χ4n) is 3.55. The summed E-state index contributed by atoms with van der Waals surface area (Å²) in [5.74, 6) is 1.10. The van der Waals surface area contributed by atoms with Gasteiger partial charge in [-0.25, -0.2) is 4.98 Å². The summed E-state index contributed by atoms with van der Waals surface area (Å²) in [6, 6.07) is 30.0. The molecule has 168 valence electrons. The zero-order chi connectivity index (χ0) is 23.3. The number of fused-ring (bicyclic) bond motifs is 1. The number of halogens is 1. The van der Waals surface area contributed by atoms with Crippen LogP contribution in [0.15, 0.2) is 101 Å². The van der Waals surface area contributed by atoms with Crippen LogP contribution in [0.1, 0.15) is 27.4 Å². The van der Waals surface area contributed by atoms with Crippen LogP contribution >= 0.6 is 11.6 Å². The molecule has 0 spiro atoms. The minimum atomic E-state index is -0.209. The summed E-state index contributed by atoms with van der Waals surface area (Å²) in [6.45, 7) is 0.476. The molecular formula is C28H21ClN2O3. The molecule has 4 aromatic carbocycles. The van der Waals surface area contributed by atoms with Crippen molar-refractivity contribution >= 4 is 34.3 Å². The number of hydrogen-bond acceptors (Lipinski definition) is 4. The van der Waals surface area contributed by atoms with Gasteiger partial charge in [-0.2, -0.15) is 0 Å². The van der Waals surface area contributed by atoms with Gasteiger partial charge < -0.3 is 14.5 Å². The van der Waals surface area contributed by atoms with E-state index < -0.39 is 0 Å². The van der Waals surface area contributed by atoms with E-state index in [-0.39, 0.29) is 5.91 Å². The Morgan fingerprint density at radius 2 is 1.65 bits per heavy atom. The van der Waals surface area contributed by atoms with Crippen LogP contribution in [0.5, 0.6) is 5.75 Å². The van der Waals surface area contributed by atoms with Crippen molar-refractivity contribution in [2.75, 3.05) is 5.32 Å². The van der Waals surface area contributed by atoms with Gasteiger partial charge in [-0.15, -0.1) is 0 Å². The normalized spacial score (nSPS) is 10.9. The van der Waals surface area contributed by atoms with Gasteiger partial charge in [-0.05, 0) is 65.7 Å². The third kappa shape index (κ3) is 5.27. The second-order valence-electron chi connectivity index (χ2n) is 7.85. The van der Waals surface area contributed by atoms with Gasteiger partial charge >= 0.3 is 0 Å². The Balaban J connectivity index is 1.22. The van der Waals surface area contributed by atoms with E-state index in [1.165, 1.54) is 0 Å². The van der Waals surface area contributed by atoms with Crippen LogP contribution in [-0.4, -0.2) is 10.9 Å². The third-order valence-corrected chi connectivity index (χ3v) is 5.58. The summed E-state index contributed by atoms with van der Waals surface area (Å²) in [4.78, 5) is 17.3. The first-order chi connectivity index (χ1) is 16.6. The first-order valence-corrected chi connectivity index (χ1v) is 11.2. The summed E-state index contributed by atoms with van der Waals surface area (Å²) in [7, 11) is 0. The number of anilines is 1. The number of aromatic nitrogens is 1. The molecule has 0 unspecified atom stereocenters. The number of hydrogen-bond donors (Lipinski definition) is 1. The summed E-state index contributed by atoms with van der Waals surface area (Å²) < 4.78 is 11.6. The molecule has 1 N–H and O–H groups in total. The van der Waals surface area contributed by atoms with E-state index in [0.29, 0.717) is 52.0 Å². The molecule has 0 saturated heterocycles. The quantitative estimate of drug-likeness (QED) is 0.282. The van der Waals surface area contributed by atoms with Gasteiger partial charge in [0.05, 0.1) is 0 Å². The lowest BCUT2D eigenvalue weighted by atomic mass is 10.1. The highest BCUT2D eigenvalue weighted by atomic mass is 35.5. The van der Waals surface area contributed by atoms with E-state index >= 15 is 0 Å². The molecule has 1 heterocycles. The highest BCUT2D eigenvalue weighted by Crippen LogP contribution is 2.23. The number of nitrogens with zero attached hydrogens (tertiary/aromatic N) is 1. The molecule has 6 heteroatoms. The van der Waals surface area contributed by atoms with Crippen molar-refractivity contribution in [3.05, 3.63) is 125 Å². The summed E-state index contributed by atoms with van der Waals surface area (Å²) in [6.07, 6.45) is 0.562. The van der Waals surface area contributed by atoms with Gasteiger partial charge in [0.25, 0.3) is 5.91 Å². The fraction of sp³-hybridized carbons (Fsp3) is 0.0714. The van der Waals surface area contributed by atoms with E-state index in [1.807, 2.05) is 60.7 Å². The predicted molar refractivity (Wildman–Crippen MR) is 133 cm³/mol. The van der Waals surface area contributed by atoms with Crippen LogP contribution < -0.4 is 10.1 Å². The molecule has 0 aliphatic heterocycles. The van der Waals surface area contributed by atoms with Crippen LogP contribution in [0.2, 0.25) is 5.02 Å². The topological polar surface area (TPSA) is 64.4 Å². The summed E-state index contributed by atoms with van der Waals surface area (Å²) >= 11 is 5.95. The van der Waals surface area contributed by atoms with Gasteiger partial charge in [-0.1, -0.05) is 54.1 Å². The Kier molecular flexibility index (Phi) is 6.27. The van der Waals surface area contributed by atoms with Crippen LogP contribution in [0.3, 0.4) is 0 Å². The van der Waals surface area contributed by atoms with Crippen LogP contribution in [0.4, 0.5) is 5.69 Å². The molecule has 0 fully saturated rings. The first-order valence-electron chi connectivity index (χ1n) is 10.8. The van der Waals surface area contributed by atoms with Crippen molar-refractivity contribution in [1.82, 2.24) is 4.98 Å². The molecule has 1 aromatic heterocycles. The van der Waals surface area contributed by atoms with Crippen LogP contribution in [0.25, 0.3) is 11.1 Å². The number of nitrogens with one attached hydrogen (secondary N) is 1. The van der Waals surface area contributed by atoms with E-state index in [4.69, 9.17) is 20.8 Å². The van der Waals surface area contributed by atoms with E-state index in [1.54, 1.807) is 36.4 Å². The largest absolute Gasteiger partial charge is 0.489 e. The fourth-order valence-corrected chi connectivity index (χ4v) is 3.68.